The highest BCUT2D eigenvalue weighted by Crippen LogP contribution is 2.18. The molecule has 1 saturated heterocycles. The number of sulfonamides is 1. The monoisotopic (exact) mass is 367 g/mol. The fourth-order valence-electron chi connectivity index (χ4n) is 2.79. The van der Waals surface area contributed by atoms with Crippen LogP contribution in [0.15, 0.2) is 29.2 Å². The van der Waals surface area contributed by atoms with Gasteiger partial charge in [-0.3, -0.25) is 9.59 Å². The molecule has 1 fully saturated rings. The molecule has 7 nitrogen and oxygen atoms in total. The number of carbonyl (C=O) groups excluding carboxylic acids is 2. The average Bonchev–Trinajstić information content (AvgIpc) is 2.84. The van der Waals surface area contributed by atoms with Crippen molar-refractivity contribution in [3.63, 3.8) is 0 Å². The third kappa shape index (κ3) is 5.27. The quantitative estimate of drug-likeness (QED) is 0.858. The highest BCUT2D eigenvalue weighted by atomic mass is 32.2. The Labute approximate surface area is 149 Å². The fraction of sp³-hybridized carbons (Fsp3) is 0.529. The van der Waals surface area contributed by atoms with Gasteiger partial charge in [0.2, 0.25) is 21.8 Å². The predicted molar refractivity (Wildman–Crippen MR) is 95.6 cm³/mol. The maximum absolute atomic E-state index is 12.6. The van der Waals surface area contributed by atoms with Crippen molar-refractivity contribution in [3.05, 3.63) is 24.3 Å². The number of likely N-dealkylation sites (tertiary alicyclic amines) is 1. The lowest BCUT2D eigenvalue weighted by Crippen LogP contribution is -2.41. The summed E-state index contributed by atoms with van der Waals surface area (Å²) in [5.41, 5.74) is 0.523. The molecule has 0 bridgehead atoms. The summed E-state index contributed by atoms with van der Waals surface area (Å²) < 4.78 is 26.3. The fourth-order valence-corrected chi connectivity index (χ4v) is 3.91. The van der Waals surface area contributed by atoms with Crippen LogP contribution in [0.25, 0.3) is 0 Å². The summed E-state index contributed by atoms with van der Waals surface area (Å²) in [6.07, 6.45) is 4.15. The van der Waals surface area contributed by atoms with E-state index in [1.165, 1.54) is 38.2 Å². The van der Waals surface area contributed by atoms with E-state index in [2.05, 4.69) is 5.32 Å². The molecule has 0 atom stereocenters. The van der Waals surface area contributed by atoms with Gasteiger partial charge in [0.15, 0.2) is 0 Å². The van der Waals surface area contributed by atoms with Crippen LogP contribution in [-0.4, -0.2) is 56.1 Å². The highest BCUT2D eigenvalue weighted by Gasteiger charge is 2.25. The van der Waals surface area contributed by atoms with Gasteiger partial charge in [0, 0.05) is 32.7 Å². The van der Waals surface area contributed by atoms with Gasteiger partial charge >= 0.3 is 0 Å². The molecule has 0 spiro atoms. The number of hydrogen-bond donors (Lipinski definition) is 1. The Hall–Kier alpha value is -1.93. The largest absolute Gasteiger partial charge is 0.342 e. The lowest BCUT2D eigenvalue weighted by atomic mass is 10.2. The zero-order chi connectivity index (χ0) is 18.4. The molecule has 0 aliphatic carbocycles. The van der Waals surface area contributed by atoms with E-state index in [4.69, 9.17) is 0 Å². The van der Waals surface area contributed by atoms with Gasteiger partial charge in [-0.2, -0.15) is 4.31 Å². The number of benzene rings is 1. The van der Waals surface area contributed by atoms with Crippen molar-refractivity contribution in [2.45, 2.75) is 37.5 Å². The summed E-state index contributed by atoms with van der Waals surface area (Å²) in [5, 5.41) is 2.59. The molecule has 1 aromatic rings. The summed E-state index contributed by atoms with van der Waals surface area (Å²) in [4.78, 5) is 25.2. The Morgan fingerprint density at radius 1 is 1.08 bits per heavy atom. The van der Waals surface area contributed by atoms with Gasteiger partial charge < -0.3 is 10.2 Å². The first-order valence-electron chi connectivity index (χ1n) is 8.42. The van der Waals surface area contributed by atoms with Crippen LogP contribution in [-0.2, 0) is 19.6 Å². The van der Waals surface area contributed by atoms with Crippen LogP contribution in [0.2, 0.25) is 0 Å². The zero-order valence-electron chi connectivity index (χ0n) is 14.7. The molecule has 1 aliphatic heterocycles. The molecule has 2 rings (SSSR count). The van der Waals surface area contributed by atoms with Gasteiger partial charge in [-0.15, -0.1) is 0 Å². The Morgan fingerprint density at radius 3 is 2.16 bits per heavy atom. The van der Waals surface area contributed by atoms with E-state index in [-0.39, 0.29) is 23.3 Å². The normalized spacial score (nSPS) is 15.7. The van der Waals surface area contributed by atoms with Gasteiger partial charge in [-0.05, 0) is 37.1 Å². The van der Waals surface area contributed by atoms with E-state index in [1.54, 1.807) is 4.90 Å². The number of amides is 2. The Balaban J connectivity index is 2.04. The van der Waals surface area contributed by atoms with E-state index in [0.29, 0.717) is 18.8 Å². The van der Waals surface area contributed by atoms with E-state index < -0.39 is 10.0 Å². The summed E-state index contributed by atoms with van der Waals surface area (Å²) in [6, 6.07) is 5.90. The lowest BCUT2D eigenvalue weighted by molar-refractivity contribution is -0.131. The van der Waals surface area contributed by atoms with Crippen molar-refractivity contribution in [1.29, 1.82) is 0 Å². The van der Waals surface area contributed by atoms with E-state index in [1.807, 2.05) is 0 Å². The molecule has 0 aromatic heterocycles. The molecule has 1 heterocycles. The van der Waals surface area contributed by atoms with Crippen LogP contribution >= 0.6 is 0 Å². The van der Waals surface area contributed by atoms with E-state index in [0.717, 1.165) is 30.0 Å². The van der Waals surface area contributed by atoms with Gasteiger partial charge in [0.25, 0.3) is 0 Å². The molecule has 2 amide bonds. The van der Waals surface area contributed by atoms with Crippen LogP contribution in [0.5, 0.6) is 0 Å². The predicted octanol–water partition coefficient (Wildman–Crippen LogP) is 1.67. The average molecular weight is 367 g/mol. The zero-order valence-corrected chi connectivity index (χ0v) is 15.5. The van der Waals surface area contributed by atoms with Crippen LogP contribution in [0.3, 0.4) is 0 Å². The number of carbonyl (C=O) groups is 2. The first kappa shape index (κ1) is 19.4. The summed E-state index contributed by atoms with van der Waals surface area (Å²) in [6.45, 7) is 2.60. The van der Waals surface area contributed by atoms with Crippen molar-refractivity contribution in [1.82, 2.24) is 9.21 Å². The molecule has 1 aliphatic rings. The maximum Gasteiger partial charge on any atom is 0.243 e. The van der Waals surface area contributed by atoms with Crippen molar-refractivity contribution < 1.29 is 18.0 Å². The summed E-state index contributed by atoms with van der Waals surface area (Å²) >= 11 is 0. The molecule has 8 heteroatoms. The second kappa shape index (κ2) is 8.44. The molecular weight excluding hydrogens is 342 g/mol. The molecule has 1 N–H and O–H groups in total. The van der Waals surface area contributed by atoms with Crippen molar-refractivity contribution in [2.24, 2.45) is 0 Å². The van der Waals surface area contributed by atoms with Crippen LogP contribution in [0.1, 0.15) is 32.6 Å². The third-order valence-electron chi connectivity index (χ3n) is 4.20. The first-order valence-corrected chi connectivity index (χ1v) is 9.86. The molecule has 0 unspecified atom stereocenters. The summed E-state index contributed by atoms with van der Waals surface area (Å²) in [7, 11) is -2.34. The summed E-state index contributed by atoms with van der Waals surface area (Å²) in [5.74, 6) is -0.390. The highest BCUT2D eigenvalue weighted by molar-refractivity contribution is 7.89. The van der Waals surface area contributed by atoms with Crippen LogP contribution in [0.4, 0.5) is 5.69 Å². The first-order chi connectivity index (χ1) is 11.8. The Morgan fingerprint density at radius 2 is 1.64 bits per heavy atom. The number of rotatable bonds is 5. The van der Waals surface area contributed by atoms with Gasteiger partial charge in [-0.1, -0.05) is 12.8 Å². The topological polar surface area (TPSA) is 86.8 Å². The van der Waals surface area contributed by atoms with Crippen LogP contribution < -0.4 is 5.32 Å². The minimum absolute atomic E-state index is 0.0905. The van der Waals surface area contributed by atoms with Gasteiger partial charge in [0.1, 0.15) is 0 Å². The molecule has 138 valence electrons. The second-order valence-electron chi connectivity index (χ2n) is 6.26. The van der Waals surface area contributed by atoms with Crippen molar-refractivity contribution >= 4 is 27.5 Å². The minimum Gasteiger partial charge on any atom is -0.342 e. The third-order valence-corrected chi connectivity index (χ3v) is 6.02. The SMILES string of the molecule is CC(=O)Nc1ccc(S(=O)(=O)N(C)CC(=O)N2CCCCCC2)cc1. The number of hydrogen-bond acceptors (Lipinski definition) is 4. The molecule has 1 aromatic carbocycles. The molecule has 25 heavy (non-hydrogen) atoms. The maximum atomic E-state index is 12.6. The van der Waals surface area contributed by atoms with Crippen LogP contribution in [0, 0.1) is 0 Å². The molecule has 0 radical (unpaired) electrons. The number of anilines is 1. The number of nitrogens with one attached hydrogen (secondary N) is 1. The van der Waals surface area contributed by atoms with Gasteiger partial charge in [-0.25, -0.2) is 8.42 Å². The lowest BCUT2D eigenvalue weighted by Gasteiger charge is -2.24. The standard InChI is InChI=1S/C17H25N3O4S/c1-14(21)18-15-7-9-16(10-8-15)25(23,24)19(2)13-17(22)20-11-5-3-4-6-12-20/h7-10H,3-6,11-13H2,1-2H3,(H,18,21). The molecular formula is C17H25N3O4S. The Bertz CT molecular complexity index is 708. The van der Waals surface area contributed by atoms with Gasteiger partial charge in [0.05, 0.1) is 11.4 Å². The van der Waals surface area contributed by atoms with E-state index in [9.17, 15) is 18.0 Å². The van der Waals surface area contributed by atoms with E-state index >= 15 is 0 Å². The molecule has 0 saturated carbocycles. The van der Waals surface area contributed by atoms with Crippen molar-refractivity contribution in [2.75, 3.05) is 32.0 Å². The second-order valence-corrected chi connectivity index (χ2v) is 8.31. The Kier molecular flexibility index (Phi) is 6.55. The minimum atomic E-state index is -3.75. The smallest absolute Gasteiger partial charge is 0.243 e. The number of nitrogens with zero attached hydrogens (tertiary/aromatic N) is 2. The van der Waals surface area contributed by atoms with Crippen molar-refractivity contribution in [3.8, 4) is 0 Å². The number of likely N-dealkylation sites (N-methyl/N-ethyl adjacent to an activating group) is 1.